The zero-order chi connectivity index (χ0) is 15.3. The van der Waals surface area contributed by atoms with Crippen LogP contribution in [0.5, 0.6) is 0 Å². The second kappa shape index (κ2) is 7.02. The summed E-state index contributed by atoms with van der Waals surface area (Å²) in [4.78, 5) is 0.307. The van der Waals surface area contributed by atoms with Crippen LogP contribution in [-0.2, 0) is 16.6 Å². The number of sulfonamides is 1. The molecule has 21 heavy (non-hydrogen) atoms. The van der Waals surface area contributed by atoms with Crippen molar-refractivity contribution in [2.75, 3.05) is 13.1 Å². The van der Waals surface area contributed by atoms with Gasteiger partial charge in [0.1, 0.15) is 0 Å². The quantitative estimate of drug-likeness (QED) is 0.712. The van der Waals surface area contributed by atoms with Crippen molar-refractivity contribution in [1.29, 1.82) is 0 Å². The monoisotopic (exact) mass is 306 g/mol. The molecular formula is C16H22N2O2S. The largest absolute Gasteiger partial charge is 0.310 e. The summed E-state index contributed by atoms with van der Waals surface area (Å²) in [5, 5.41) is 3.41. The van der Waals surface area contributed by atoms with Gasteiger partial charge in [-0.2, -0.15) is 4.31 Å². The zero-order valence-electron chi connectivity index (χ0n) is 12.2. The van der Waals surface area contributed by atoms with E-state index in [0.717, 1.165) is 12.1 Å². The van der Waals surface area contributed by atoms with Crippen molar-refractivity contribution >= 4 is 10.0 Å². The van der Waals surface area contributed by atoms with Crippen molar-refractivity contribution in [3.8, 4) is 0 Å². The van der Waals surface area contributed by atoms with Crippen LogP contribution in [0.4, 0.5) is 0 Å². The normalized spacial score (nSPS) is 15.1. The van der Waals surface area contributed by atoms with Crippen LogP contribution in [0.15, 0.2) is 54.5 Å². The highest BCUT2D eigenvalue weighted by Gasteiger charge is 2.23. The van der Waals surface area contributed by atoms with Gasteiger partial charge in [-0.25, -0.2) is 8.42 Å². The van der Waals surface area contributed by atoms with Gasteiger partial charge >= 0.3 is 0 Å². The number of nitrogens with one attached hydrogen (secondary N) is 1. The Labute approximate surface area is 127 Å². The minimum atomic E-state index is -3.49. The fourth-order valence-electron chi connectivity index (χ4n) is 2.04. The fraction of sp³-hybridized carbons (Fsp3) is 0.375. The molecule has 0 unspecified atom stereocenters. The molecule has 0 radical (unpaired) electrons. The molecule has 1 aromatic carbocycles. The van der Waals surface area contributed by atoms with E-state index in [2.05, 4.69) is 18.5 Å². The van der Waals surface area contributed by atoms with Crippen LogP contribution in [0.2, 0.25) is 0 Å². The van der Waals surface area contributed by atoms with Gasteiger partial charge in [0.05, 0.1) is 4.90 Å². The predicted molar refractivity (Wildman–Crippen MR) is 85.5 cm³/mol. The molecule has 1 N–H and O–H groups in total. The number of nitrogens with zero attached hydrogens (tertiary/aromatic N) is 1. The predicted octanol–water partition coefficient (Wildman–Crippen LogP) is 2.30. The highest BCUT2D eigenvalue weighted by atomic mass is 32.2. The molecule has 1 aromatic rings. The molecule has 0 aromatic heterocycles. The first-order chi connectivity index (χ1) is 10.1. The van der Waals surface area contributed by atoms with Crippen LogP contribution in [0, 0.1) is 0 Å². The molecule has 1 aliphatic carbocycles. The van der Waals surface area contributed by atoms with Crippen molar-refractivity contribution in [3.63, 3.8) is 0 Å². The summed E-state index contributed by atoms with van der Waals surface area (Å²) in [6.07, 6.45) is 5.64. The van der Waals surface area contributed by atoms with Crippen molar-refractivity contribution in [2.45, 2.75) is 30.3 Å². The van der Waals surface area contributed by atoms with E-state index in [0.29, 0.717) is 10.9 Å². The van der Waals surface area contributed by atoms with Crippen molar-refractivity contribution in [3.05, 3.63) is 55.1 Å². The molecule has 0 atom stereocenters. The lowest BCUT2D eigenvalue weighted by atomic mass is 10.2. The summed E-state index contributed by atoms with van der Waals surface area (Å²) in [5.74, 6) is 0. The number of hydrogen-bond acceptors (Lipinski definition) is 3. The Hall–Kier alpha value is -1.43. The average Bonchev–Trinajstić information content (AvgIpc) is 3.29. The van der Waals surface area contributed by atoms with Crippen LogP contribution in [0.3, 0.4) is 0 Å². The van der Waals surface area contributed by atoms with E-state index in [1.165, 1.54) is 17.1 Å². The molecule has 1 fully saturated rings. The summed E-state index contributed by atoms with van der Waals surface area (Å²) in [6.45, 7) is 8.54. The van der Waals surface area contributed by atoms with Gasteiger partial charge in [0, 0.05) is 25.7 Å². The second-order valence-electron chi connectivity index (χ2n) is 5.20. The van der Waals surface area contributed by atoms with Crippen LogP contribution < -0.4 is 5.32 Å². The summed E-state index contributed by atoms with van der Waals surface area (Å²) >= 11 is 0. The third kappa shape index (κ3) is 4.27. The van der Waals surface area contributed by atoms with Gasteiger partial charge in [-0.1, -0.05) is 24.3 Å². The average molecular weight is 306 g/mol. The van der Waals surface area contributed by atoms with Crippen LogP contribution in [0.25, 0.3) is 0 Å². The Morgan fingerprint density at radius 2 is 1.71 bits per heavy atom. The Kier molecular flexibility index (Phi) is 5.33. The van der Waals surface area contributed by atoms with E-state index in [4.69, 9.17) is 0 Å². The third-order valence-electron chi connectivity index (χ3n) is 3.40. The summed E-state index contributed by atoms with van der Waals surface area (Å²) in [5.41, 5.74) is 1.10. The molecule has 1 aliphatic rings. The topological polar surface area (TPSA) is 49.4 Å². The lowest BCUT2D eigenvalue weighted by Crippen LogP contribution is -2.31. The first-order valence-corrected chi connectivity index (χ1v) is 8.56. The van der Waals surface area contributed by atoms with Crippen LogP contribution >= 0.6 is 0 Å². The van der Waals surface area contributed by atoms with E-state index < -0.39 is 10.0 Å². The van der Waals surface area contributed by atoms with Gasteiger partial charge in [0.25, 0.3) is 0 Å². The van der Waals surface area contributed by atoms with Crippen molar-refractivity contribution in [2.24, 2.45) is 0 Å². The SMILES string of the molecule is C=CCN(CC=C)S(=O)(=O)c1ccc(CNC2CC2)cc1. The van der Waals surface area contributed by atoms with E-state index in [1.54, 1.807) is 24.3 Å². The van der Waals surface area contributed by atoms with Gasteiger partial charge in [0.2, 0.25) is 10.0 Å². The molecule has 4 nitrogen and oxygen atoms in total. The minimum absolute atomic E-state index is 0.277. The highest BCUT2D eigenvalue weighted by Crippen LogP contribution is 2.20. The molecule has 0 spiro atoms. The lowest BCUT2D eigenvalue weighted by Gasteiger charge is -2.19. The Morgan fingerprint density at radius 3 is 2.19 bits per heavy atom. The maximum atomic E-state index is 12.5. The molecule has 0 heterocycles. The van der Waals surface area contributed by atoms with Gasteiger partial charge in [-0.3, -0.25) is 0 Å². The maximum Gasteiger partial charge on any atom is 0.243 e. The second-order valence-corrected chi connectivity index (χ2v) is 7.14. The number of rotatable bonds is 9. The summed E-state index contributed by atoms with van der Waals surface area (Å²) < 4.78 is 26.4. The van der Waals surface area contributed by atoms with E-state index >= 15 is 0 Å². The molecule has 0 amide bonds. The maximum absolute atomic E-state index is 12.5. The summed E-state index contributed by atoms with van der Waals surface area (Å²) in [6, 6.07) is 7.70. The highest BCUT2D eigenvalue weighted by molar-refractivity contribution is 7.89. The Balaban J connectivity index is 2.10. The minimum Gasteiger partial charge on any atom is -0.310 e. The first kappa shape index (κ1) is 15.9. The van der Waals surface area contributed by atoms with Gasteiger partial charge in [0.15, 0.2) is 0 Å². The number of hydrogen-bond donors (Lipinski definition) is 1. The third-order valence-corrected chi connectivity index (χ3v) is 5.24. The molecule has 1 saturated carbocycles. The Bertz CT molecular complexity index is 579. The fourth-order valence-corrected chi connectivity index (χ4v) is 3.42. The molecule has 0 bridgehead atoms. The standard InChI is InChI=1S/C16H22N2O2S/c1-3-11-18(12-4-2)21(19,20)16-9-5-14(6-10-16)13-17-15-7-8-15/h3-6,9-10,15,17H,1-2,7-8,11-13H2. The van der Waals surface area contributed by atoms with E-state index in [1.807, 2.05) is 12.1 Å². The first-order valence-electron chi connectivity index (χ1n) is 7.12. The molecule has 0 saturated heterocycles. The van der Waals surface area contributed by atoms with Crippen molar-refractivity contribution < 1.29 is 8.42 Å². The molecule has 5 heteroatoms. The molecule has 0 aliphatic heterocycles. The van der Waals surface area contributed by atoms with E-state index in [-0.39, 0.29) is 13.1 Å². The lowest BCUT2D eigenvalue weighted by molar-refractivity contribution is 0.474. The summed E-state index contributed by atoms with van der Waals surface area (Å²) in [7, 11) is -3.49. The smallest absolute Gasteiger partial charge is 0.243 e. The molecular weight excluding hydrogens is 284 g/mol. The van der Waals surface area contributed by atoms with Gasteiger partial charge < -0.3 is 5.32 Å². The molecule has 2 rings (SSSR count). The Morgan fingerprint density at radius 1 is 1.14 bits per heavy atom. The number of benzene rings is 1. The van der Waals surface area contributed by atoms with E-state index in [9.17, 15) is 8.42 Å². The molecule has 114 valence electrons. The van der Waals surface area contributed by atoms with Gasteiger partial charge in [-0.05, 0) is 30.5 Å². The van der Waals surface area contributed by atoms with Gasteiger partial charge in [-0.15, -0.1) is 13.2 Å². The zero-order valence-corrected chi connectivity index (χ0v) is 13.0. The van der Waals surface area contributed by atoms with Crippen molar-refractivity contribution in [1.82, 2.24) is 9.62 Å². The van der Waals surface area contributed by atoms with Crippen LogP contribution in [0.1, 0.15) is 18.4 Å². The van der Waals surface area contributed by atoms with Crippen LogP contribution in [-0.4, -0.2) is 31.9 Å².